The summed E-state index contributed by atoms with van der Waals surface area (Å²) in [7, 11) is 0. The zero-order chi connectivity index (χ0) is 16.1. The van der Waals surface area contributed by atoms with E-state index < -0.39 is 0 Å². The van der Waals surface area contributed by atoms with Crippen molar-refractivity contribution >= 4 is 11.8 Å². The molecule has 1 aromatic rings. The molecule has 4 heteroatoms. The van der Waals surface area contributed by atoms with Crippen LogP contribution in [0.4, 0.5) is 0 Å². The molecule has 2 saturated heterocycles. The largest absolute Gasteiger partial charge is 0.341 e. The lowest BCUT2D eigenvalue weighted by Gasteiger charge is -2.34. The third kappa shape index (κ3) is 4.12. The van der Waals surface area contributed by atoms with Crippen molar-refractivity contribution in [1.82, 2.24) is 9.80 Å². The topological polar surface area (TPSA) is 40.6 Å². The Hall–Kier alpha value is -1.84. The summed E-state index contributed by atoms with van der Waals surface area (Å²) in [5.74, 6) is 0.682. The summed E-state index contributed by atoms with van der Waals surface area (Å²) in [6.07, 6.45) is 5.85. The molecule has 1 aromatic carbocycles. The standard InChI is InChI=1S/C19H26N2O2/c22-18-11-5-2-6-12-21(18)15-19(23)20-13-7-10-17(14-20)16-8-3-1-4-9-16/h1,3-4,8-9,17H,2,5-7,10-15H2. The first kappa shape index (κ1) is 16.0. The highest BCUT2D eigenvalue weighted by Gasteiger charge is 2.27. The van der Waals surface area contributed by atoms with Crippen molar-refractivity contribution in [3.8, 4) is 0 Å². The van der Waals surface area contributed by atoms with Crippen LogP contribution in [-0.2, 0) is 9.59 Å². The molecule has 3 rings (SSSR count). The summed E-state index contributed by atoms with van der Waals surface area (Å²) in [5.41, 5.74) is 1.32. The number of likely N-dealkylation sites (tertiary alicyclic amines) is 2. The number of hydrogen-bond acceptors (Lipinski definition) is 2. The lowest BCUT2D eigenvalue weighted by Crippen LogP contribution is -2.46. The highest BCUT2D eigenvalue weighted by Crippen LogP contribution is 2.26. The SMILES string of the molecule is O=C1CCCCCN1CC(=O)N1CCCC(c2ccccc2)C1. The molecule has 0 radical (unpaired) electrons. The second-order valence-electron chi connectivity index (χ2n) is 6.72. The molecule has 0 aliphatic carbocycles. The first-order valence-corrected chi connectivity index (χ1v) is 8.84. The Balaban J connectivity index is 1.59. The smallest absolute Gasteiger partial charge is 0.242 e. The Morgan fingerprint density at radius 1 is 1.04 bits per heavy atom. The minimum Gasteiger partial charge on any atom is -0.341 e. The molecule has 0 spiro atoms. The van der Waals surface area contributed by atoms with Crippen LogP contribution in [0.5, 0.6) is 0 Å². The van der Waals surface area contributed by atoms with E-state index in [0.29, 0.717) is 12.3 Å². The van der Waals surface area contributed by atoms with Gasteiger partial charge >= 0.3 is 0 Å². The monoisotopic (exact) mass is 314 g/mol. The molecular formula is C19H26N2O2. The van der Waals surface area contributed by atoms with Crippen LogP contribution < -0.4 is 0 Å². The maximum absolute atomic E-state index is 12.6. The van der Waals surface area contributed by atoms with Crippen LogP contribution in [0.25, 0.3) is 0 Å². The van der Waals surface area contributed by atoms with Crippen molar-refractivity contribution in [2.45, 2.75) is 44.4 Å². The van der Waals surface area contributed by atoms with Gasteiger partial charge in [0.05, 0.1) is 6.54 Å². The van der Waals surface area contributed by atoms with Crippen molar-refractivity contribution < 1.29 is 9.59 Å². The number of piperidine rings is 1. The quantitative estimate of drug-likeness (QED) is 0.861. The first-order valence-electron chi connectivity index (χ1n) is 8.84. The van der Waals surface area contributed by atoms with E-state index in [9.17, 15) is 9.59 Å². The van der Waals surface area contributed by atoms with Gasteiger partial charge in [0.25, 0.3) is 0 Å². The zero-order valence-corrected chi connectivity index (χ0v) is 13.7. The fraction of sp³-hybridized carbons (Fsp3) is 0.579. The molecule has 0 N–H and O–H groups in total. The fourth-order valence-corrected chi connectivity index (χ4v) is 3.67. The summed E-state index contributed by atoms with van der Waals surface area (Å²) in [4.78, 5) is 28.4. The van der Waals surface area contributed by atoms with Gasteiger partial charge in [-0.05, 0) is 31.2 Å². The van der Waals surface area contributed by atoms with E-state index in [4.69, 9.17) is 0 Å². The minimum absolute atomic E-state index is 0.112. The third-order valence-corrected chi connectivity index (χ3v) is 5.04. The van der Waals surface area contributed by atoms with E-state index in [0.717, 1.165) is 51.7 Å². The van der Waals surface area contributed by atoms with E-state index in [2.05, 4.69) is 24.3 Å². The Bertz CT molecular complexity index is 544. The highest BCUT2D eigenvalue weighted by atomic mass is 16.2. The minimum atomic E-state index is 0.112. The van der Waals surface area contributed by atoms with Crippen LogP contribution in [0.1, 0.15) is 50.0 Å². The van der Waals surface area contributed by atoms with Crippen LogP contribution in [0.15, 0.2) is 30.3 Å². The number of carbonyl (C=O) groups is 2. The molecule has 2 heterocycles. The molecular weight excluding hydrogens is 288 g/mol. The maximum Gasteiger partial charge on any atom is 0.242 e. The number of amides is 2. The maximum atomic E-state index is 12.6. The van der Waals surface area contributed by atoms with Crippen molar-refractivity contribution in [3.63, 3.8) is 0 Å². The predicted molar refractivity (Wildman–Crippen MR) is 90.0 cm³/mol. The number of benzene rings is 1. The zero-order valence-electron chi connectivity index (χ0n) is 13.7. The molecule has 2 amide bonds. The highest BCUT2D eigenvalue weighted by molar-refractivity contribution is 5.85. The van der Waals surface area contributed by atoms with E-state index in [1.54, 1.807) is 4.90 Å². The Morgan fingerprint density at radius 2 is 1.87 bits per heavy atom. The second-order valence-corrected chi connectivity index (χ2v) is 6.72. The van der Waals surface area contributed by atoms with Crippen molar-refractivity contribution in [2.24, 2.45) is 0 Å². The Morgan fingerprint density at radius 3 is 2.70 bits per heavy atom. The summed E-state index contributed by atoms with van der Waals surface area (Å²) in [5, 5.41) is 0. The molecule has 0 saturated carbocycles. The molecule has 4 nitrogen and oxygen atoms in total. The van der Waals surface area contributed by atoms with E-state index >= 15 is 0 Å². The van der Waals surface area contributed by atoms with Gasteiger partial charge in [-0.25, -0.2) is 0 Å². The average molecular weight is 314 g/mol. The molecule has 23 heavy (non-hydrogen) atoms. The summed E-state index contributed by atoms with van der Waals surface area (Å²) < 4.78 is 0. The van der Waals surface area contributed by atoms with E-state index in [1.807, 2.05) is 11.0 Å². The van der Waals surface area contributed by atoms with Crippen LogP contribution in [-0.4, -0.2) is 47.8 Å². The van der Waals surface area contributed by atoms with Crippen LogP contribution in [0, 0.1) is 0 Å². The van der Waals surface area contributed by atoms with Crippen molar-refractivity contribution in [3.05, 3.63) is 35.9 Å². The van der Waals surface area contributed by atoms with Crippen molar-refractivity contribution in [2.75, 3.05) is 26.2 Å². The average Bonchev–Trinajstić information content (AvgIpc) is 2.80. The fourth-order valence-electron chi connectivity index (χ4n) is 3.67. The molecule has 0 aromatic heterocycles. The van der Waals surface area contributed by atoms with Gasteiger partial charge in [0, 0.05) is 32.0 Å². The van der Waals surface area contributed by atoms with E-state index in [-0.39, 0.29) is 18.4 Å². The van der Waals surface area contributed by atoms with Gasteiger partial charge in [-0.1, -0.05) is 36.8 Å². The van der Waals surface area contributed by atoms with Gasteiger partial charge in [-0.3, -0.25) is 9.59 Å². The van der Waals surface area contributed by atoms with Crippen molar-refractivity contribution in [1.29, 1.82) is 0 Å². The predicted octanol–water partition coefficient (Wildman–Crippen LogP) is 2.80. The number of nitrogens with zero attached hydrogens (tertiary/aromatic N) is 2. The van der Waals surface area contributed by atoms with Gasteiger partial charge in [0.2, 0.25) is 11.8 Å². The summed E-state index contributed by atoms with van der Waals surface area (Å²) >= 11 is 0. The molecule has 1 atom stereocenters. The van der Waals surface area contributed by atoms with Gasteiger partial charge in [0.1, 0.15) is 0 Å². The molecule has 0 bridgehead atoms. The lowest BCUT2D eigenvalue weighted by molar-refractivity contribution is -0.140. The number of hydrogen-bond donors (Lipinski definition) is 0. The normalized spacial score (nSPS) is 22.8. The number of carbonyl (C=O) groups excluding carboxylic acids is 2. The third-order valence-electron chi connectivity index (χ3n) is 5.04. The molecule has 124 valence electrons. The molecule has 2 aliphatic rings. The van der Waals surface area contributed by atoms with Crippen LogP contribution >= 0.6 is 0 Å². The molecule has 1 unspecified atom stereocenters. The van der Waals surface area contributed by atoms with Gasteiger partial charge < -0.3 is 9.80 Å². The van der Waals surface area contributed by atoms with Gasteiger partial charge in [-0.15, -0.1) is 0 Å². The van der Waals surface area contributed by atoms with Gasteiger partial charge in [-0.2, -0.15) is 0 Å². The lowest BCUT2D eigenvalue weighted by atomic mass is 9.90. The first-order chi connectivity index (χ1) is 11.2. The summed E-state index contributed by atoms with van der Waals surface area (Å²) in [6.45, 7) is 2.61. The Kier molecular flexibility index (Phi) is 5.31. The van der Waals surface area contributed by atoms with Gasteiger partial charge in [0.15, 0.2) is 0 Å². The number of rotatable bonds is 3. The Labute approximate surface area is 138 Å². The van der Waals surface area contributed by atoms with Crippen LogP contribution in [0.2, 0.25) is 0 Å². The molecule has 2 aliphatic heterocycles. The van der Waals surface area contributed by atoms with E-state index in [1.165, 1.54) is 5.56 Å². The molecule has 2 fully saturated rings. The summed E-state index contributed by atoms with van der Waals surface area (Å²) in [6, 6.07) is 10.5. The second kappa shape index (κ2) is 7.62. The van der Waals surface area contributed by atoms with Crippen LogP contribution in [0.3, 0.4) is 0 Å².